The van der Waals surface area contributed by atoms with E-state index >= 15 is 0 Å². The fraction of sp³-hybridized carbons (Fsp3) is 0.875. The summed E-state index contributed by atoms with van der Waals surface area (Å²) < 4.78 is 4.87. The van der Waals surface area contributed by atoms with Crippen LogP contribution in [0.25, 0.3) is 0 Å². The molecule has 0 atom stereocenters. The van der Waals surface area contributed by atoms with E-state index in [2.05, 4.69) is 0 Å². The fourth-order valence-electron chi connectivity index (χ4n) is 0.902. The van der Waals surface area contributed by atoms with Crippen molar-refractivity contribution in [2.45, 2.75) is 19.9 Å². The maximum atomic E-state index is 10.4. The zero-order chi connectivity index (χ0) is 9.56. The molecule has 0 amide bonds. The largest absolute Gasteiger partial charge is 0.480 e. The van der Waals surface area contributed by atoms with Gasteiger partial charge in [0, 0.05) is 19.7 Å². The molecule has 0 unspecified atom stereocenters. The van der Waals surface area contributed by atoms with Crippen LogP contribution in [-0.2, 0) is 9.53 Å². The summed E-state index contributed by atoms with van der Waals surface area (Å²) >= 11 is 0. The highest BCUT2D eigenvalue weighted by Gasteiger charge is 2.11. The van der Waals surface area contributed by atoms with E-state index in [1.165, 1.54) is 0 Å². The number of carboxylic acids is 1. The highest BCUT2D eigenvalue weighted by molar-refractivity contribution is 5.69. The standard InChI is InChI=1S/C8H17NO3/c1-7(2)9(4-5-12-3)6-8(10)11/h7H,4-6H2,1-3H3,(H,10,11). The zero-order valence-corrected chi connectivity index (χ0v) is 7.91. The summed E-state index contributed by atoms with van der Waals surface area (Å²) in [5.74, 6) is -0.792. The summed E-state index contributed by atoms with van der Waals surface area (Å²) in [4.78, 5) is 12.2. The van der Waals surface area contributed by atoms with Crippen LogP contribution in [0.15, 0.2) is 0 Å². The minimum absolute atomic E-state index is 0.0844. The molecule has 0 radical (unpaired) electrons. The van der Waals surface area contributed by atoms with Crippen molar-refractivity contribution >= 4 is 5.97 Å². The van der Waals surface area contributed by atoms with E-state index in [1.807, 2.05) is 18.7 Å². The van der Waals surface area contributed by atoms with Gasteiger partial charge in [-0.3, -0.25) is 9.69 Å². The number of ether oxygens (including phenoxy) is 1. The molecule has 0 fully saturated rings. The van der Waals surface area contributed by atoms with Crippen LogP contribution in [0.3, 0.4) is 0 Å². The molecule has 0 aliphatic rings. The van der Waals surface area contributed by atoms with Crippen LogP contribution in [0.2, 0.25) is 0 Å². The van der Waals surface area contributed by atoms with Crippen molar-refractivity contribution in [2.24, 2.45) is 0 Å². The van der Waals surface area contributed by atoms with Gasteiger partial charge in [-0.15, -0.1) is 0 Å². The van der Waals surface area contributed by atoms with E-state index in [-0.39, 0.29) is 12.6 Å². The van der Waals surface area contributed by atoms with Crippen molar-refractivity contribution in [3.05, 3.63) is 0 Å². The van der Waals surface area contributed by atoms with Crippen molar-refractivity contribution in [1.82, 2.24) is 4.90 Å². The van der Waals surface area contributed by atoms with Crippen molar-refractivity contribution in [1.29, 1.82) is 0 Å². The molecule has 0 bridgehead atoms. The molecule has 0 aliphatic carbocycles. The molecule has 0 aromatic carbocycles. The Morgan fingerprint density at radius 3 is 2.50 bits per heavy atom. The van der Waals surface area contributed by atoms with Gasteiger partial charge in [0.15, 0.2) is 0 Å². The lowest BCUT2D eigenvalue weighted by molar-refractivity contribution is -0.138. The number of hydrogen-bond donors (Lipinski definition) is 1. The lowest BCUT2D eigenvalue weighted by Crippen LogP contribution is -2.37. The highest BCUT2D eigenvalue weighted by atomic mass is 16.5. The van der Waals surface area contributed by atoms with Crippen LogP contribution in [0, 0.1) is 0 Å². The SMILES string of the molecule is COCCN(CC(=O)O)C(C)C. The van der Waals surface area contributed by atoms with Gasteiger partial charge in [0.1, 0.15) is 0 Å². The number of aliphatic carboxylic acids is 1. The fourth-order valence-corrected chi connectivity index (χ4v) is 0.902. The van der Waals surface area contributed by atoms with Gasteiger partial charge in [-0.2, -0.15) is 0 Å². The van der Waals surface area contributed by atoms with E-state index in [0.29, 0.717) is 13.2 Å². The summed E-state index contributed by atoms with van der Waals surface area (Å²) in [6.45, 7) is 5.27. The molecule has 12 heavy (non-hydrogen) atoms. The first kappa shape index (κ1) is 11.4. The summed E-state index contributed by atoms with van der Waals surface area (Å²) in [6.07, 6.45) is 0. The van der Waals surface area contributed by atoms with Gasteiger partial charge in [0.05, 0.1) is 13.2 Å². The van der Waals surface area contributed by atoms with Gasteiger partial charge in [-0.05, 0) is 13.8 Å². The Morgan fingerprint density at radius 1 is 1.58 bits per heavy atom. The first-order valence-electron chi connectivity index (χ1n) is 4.02. The van der Waals surface area contributed by atoms with Gasteiger partial charge in [0.25, 0.3) is 0 Å². The van der Waals surface area contributed by atoms with E-state index in [0.717, 1.165) is 0 Å². The molecular weight excluding hydrogens is 158 g/mol. The monoisotopic (exact) mass is 175 g/mol. The second-order valence-corrected chi connectivity index (χ2v) is 2.95. The number of carboxylic acid groups (broad SMARTS) is 1. The Morgan fingerprint density at radius 2 is 2.17 bits per heavy atom. The first-order valence-corrected chi connectivity index (χ1v) is 4.02. The van der Waals surface area contributed by atoms with E-state index < -0.39 is 5.97 Å². The number of methoxy groups -OCH3 is 1. The maximum Gasteiger partial charge on any atom is 0.317 e. The van der Waals surface area contributed by atoms with E-state index in [9.17, 15) is 4.79 Å². The summed E-state index contributed by atoms with van der Waals surface area (Å²) in [6, 6.07) is 0.247. The summed E-state index contributed by atoms with van der Waals surface area (Å²) in [7, 11) is 1.61. The predicted molar refractivity (Wildman–Crippen MR) is 46.2 cm³/mol. The second-order valence-electron chi connectivity index (χ2n) is 2.95. The van der Waals surface area contributed by atoms with Crippen LogP contribution in [0.4, 0.5) is 0 Å². The minimum Gasteiger partial charge on any atom is -0.480 e. The smallest absolute Gasteiger partial charge is 0.317 e. The third-order valence-corrected chi connectivity index (χ3v) is 1.65. The molecule has 72 valence electrons. The average Bonchev–Trinajstić information content (AvgIpc) is 1.96. The maximum absolute atomic E-state index is 10.4. The Labute approximate surface area is 73.1 Å². The molecule has 0 rings (SSSR count). The number of hydrogen-bond acceptors (Lipinski definition) is 3. The van der Waals surface area contributed by atoms with Crippen molar-refractivity contribution in [2.75, 3.05) is 26.8 Å². The van der Waals surface area contributed by atoms with E-state index in [1.54, 1.807) is 7.11 Å². The Bertz CT molecular complexity index is 136. The number of rotatable bonds is 6. The van der Waals surface area contributed by atoms with Crippen molar-refractivity contribution in [3.8, 4) is 0 Å². The molecule has 4 nitrogen and oxygen atoms in total. The summed E-state index contributed by atoms with van der Waals surface area (Å²) in [5, 5.41) is 8.55. The second kappa shape index (κ2) is 5.97. The van der Waals surface area contributed by atoms with Crippen LogP contribution in [0.5, 0.6) is 0 Å². The lowest BCUT2D eigenvalue weighted by atomic mass is 10.3. The molecule has 0 spiro atoms. The average molecular weight is 175 g/mol. The number of nitrogens with zero attached hydrogens (tertiary/aromatic N) is 1. The molecule has 0 saturated carbocycles. The van der Waals surface area contributed by atoms with Crippen LogP contribution in [0.1, 0.15) is 13.8 Å². The van der Waals surface area contributed by atoms with Gasteiger partial charge in [0.2, 0.25) is 0 Å². The summed E-state index contributed by atoms with van der Waals surface area (Å²) in [5.41, 5.74) is 0. The van der Waals surface area contributed by atoms with Gasteiger partial charge >= 0.3 is 5.97 Å². The Balaban J connectivity index is 3.78. The molecule has 0 aliphatic heterocycles. The molecule has 1 N–H and O–H groups in total. The van der Waals surface area contributed by atoms with Crippen LogP contribution in [-0.4, -0.2) is 48.8 Å². The van der Waals surface area contributed by atoms with E-state index in [4.69, 9.17) is 9.84 Å². The molecule has 0 aromatic rings. The third-order valence-electron chi connectivity index (χ3n) is 1.65. The Kier molecular flexibility index (Phi) is 5.66. The zero-order valence-electron chi connectivity index (χ0n) is 7.91. The molecule has 0 heterocycles. The topological polar surface area (TPSA) is 49.8 Å². The van der Waals surface area contributed by atoms with Crippen molar-refractivity contribution in [3.63, 3.8) is 0 Å². The molecule has 0 aromatic heterocycles. The first-order chi connectivity index (χ1) is 5.57. The number of carbonyl (C=O) groups is 1. The lowest BCUT2D eigenvalue weighted by Gasteiger charge is -2.23. The quantitative estimate of drug-likeness (QED) is 0.636. The normalized spacial score (nSPS) is 11.1. The van der Waals surface area contributed by atoms with Gasteiger partial charge in [-0.1, -0.05) is 0 Å². The van der Waals surface area contributed by atoms with Crippen LogP contribution >= 0.6 is 0 Å². The third kappa shape index (κ3) is 5.09. The molecular formula is C8H17NO3. The minimum atomic E-state index is -0.792. The van der Waals surface area contributed by atoms with Crippen molar-refractivity contribution < 1.29 is 14.6 Å². The highest BCUT2D eigenvalue weighted by Crippen LogP contribution is 1.96. The van der Waals surface area contributed by atoms with Crippen LogP contribution < -0.4 is 0 Å². The Hall–Kier alpha value is -0.610. The van der Waals surface area contributed by atoms with Gasteiger partial charge < -0.3 is 9.84 Å². The van der Waals surface area contributed by atoms with Gasteiger partial charge in [-0.25, -0.2) is 0 Å². The molecule has 0 saturated heterocycles. The molecule has 4 heteroatoms. The predicted octanol–water partition coefficient (Wildman–Crippen LogP) is 0.428.